The molecule has 2 aromatic carbocycles. The first-order chi connectivity index (χ1) is 10.1. The third kappa shape index (κ3) is 3.20. The molecule has 1 atom stereocenters. The van der Waals surface area contributed by atoms with Crippen LogP contribution in [0.15, 0.2) is 59.2 Å². The van der Waals surface area contributed by atoms with Gasteiger partial charge in [-0.2, -0.15) is 0 Å². The van der Waals surface area contributed by atoms with E-state index in [4.69, 9.17) is 11.6 Å². The summed E-state index contributed by atoms with van der Waals surface area (Å²) in [5, 5.41) is 6.37. The monoisotopic (exact) mass is 360 g/mol. The zero-order chi connectivity index (χ0) is 14.8. The lowest BCUT2D eigenvalue weighted by Crippen LogP contribution is -2.07. The molecule has 0 amide bonds. The second kappa shape index (κ2) is 6.04. The Hall–Kier alpha value is -1.58. The summed E-state index contributed by atoms with van der Waals surface area (Å²) in [5.41, 5.74) is 2.04. The molecule has 106 valence electrons. The molecule has 0 bridgehead atoms. The van der Waals surface area contributed by atoms with Crippen LogP contribution in [0, 0.1) is 0 Å². The second-order valence-electron chi connectivity index (χ2n) is 4.96. The predicted octanol–water partition coefficient (Wildman–Crippen LogP) is 5.82. The minimum atomic E-state index is 0.142. The lowest BCUT2D eigenvalue weighted by molar-refractivity contribution is 0.885. The molecule has 0 radical (unpaired) electrons. The number of hydrogen-bond donors (Lipinski definition) is 1. The minimum Gasteiger partial charge on any atom is -0.376 e. The lowest BCUT2D eigenvalue weighted by atomic mass is 10.0. The molecule has 3 aromatic rings. The van der Waals surface area contributed by atoms with E-state index in [0.29, 0.717) is 5.15 Å². The van der Waals surface area contributed by atoms with Crippen LogP contribution in [0.1, 0.15) is 18.5 Å². The summed E-state index contributed by atoms with van der Waals surface area (Å²) < 4.78 is 0.903. The fourth-order valence-electron chi connectivity index (χ4n) is 2.32. The molecule has 0 spiro atoms. The molecule has 0 fully saturated rings. The van der Waals surface area contributed by atoms with Crippen molar-refractivity contribution >= 4 is 44.0 Å². The van der Waals surface area contributed by atoms with Gasteiger partial charge in [-0.1, -0.05) is 48.0 Å². The molecule has 1 N–H and O–H groups in total. The fraction of sp³-hybridized carbons (Fsp3) is 0.118. The van der Waals surface area contributed by atoms with E-state index in [9.17, 15) is 0 Å². The normalized spacial score (nSPS) is 12.3. The number of aromatic nitrogens is 1. The molecule has 3 rings (SSSR count). The highest BCUT2D eigenvalue weighted by molar-refractivity contribution is 9.10. The molecule has 0 aliphatic carbocycles. The summed E-state index contributed by atoms with van der Waals surface area (Å²) in [4.78, 5) is 4.13. The van der Waals surface area contributed by atoms with E-state index in [1.54, 1.807) is 6.20 Å². The van der Waals surface area contributed by atoms with Crippen molar-refractivity contribution in [1.82, 2.24) is 4.98 Å². The van der Waals surface area contributed by atoms with E-state index < -0.39 is 0 Å². The van der Waals surface area contributed by atoms with Crippen molar-refractivity contribution in [2.24, 2.45) is 0 Å². The van der Waals surface area contributed by atoms with Crippen LogP contribution in [0.5, 0.6) is 0 Å². The molecular formula is C17H14BrClN2. The van der Waals surface area contributed by atoms with E-state index >= 15 is 0 Å². The predicted molar refractivity (Wildman–Crippen MR) is 92.9 cm³/mol. The van der Waals surface area contributed by atoms with E-state index in [2.05, 4.69) is 75.6 Å². The third-order valence-corrected chi connectivity index (χ3v) is 4.19. The Morgan fingerprint density at radius 3 is 2.67 bits per heavy atom. The molecule has 0 aliphatic heterocycles. The second-order valence-corrected chi connectivity index (χ2v) is 6.24. The van der Waals surface area contributed by atoms with Crippen LogP contribution in [0.4, 0.5) is 5.69 Å². The lowest BCUT2D eigenvalue weighted by Gasteiger charge is -2.17. The molecule has 0 saturated heterocycles. The fourth-order valence-corrected chi connectivity index (χ4v) is 2.81. The topological polar surface area (TPSA) is 24.9 Å². The first kappa shape index (κ1) is 14.4. The summed E-state index contributed by atoms with van der Waals surface area (Å²) in [5.74, 6) is 0. The van der Waals surface area contributed by atoms with Gasteiger partial charge in [0.25, 0.3) is 0 Å². The van der Waals surface area contributed by atoms with Crippen LogP contribution in [0.2, 0.25) is 5.15 Å². The van der Waals surface area contributed by atoms with Crippen molar-refractivity contribution in [2.45, 2.75) is 13.0 Å². The molecule has 1 aromatic heterocycles. The third-order valence-electron chi connectivity index (χ3n) is 3.45. The molecule has 21 heavy (non-hydrogen) atoms. The SMILES string of the molecule is CC(Nc1cc(Br)cnc1Cl)c1ccc2ccccc2c1. The Bertz CT molecular complexity index is 789. The highest BCUT2D eigenvalue weighted by atomic mass is 79.9. The molecule has 0 aliphatic rings. The van der Waals surface area contributed by atoms with Gasteiger partial charge in [-0.3, -0.25) is 0 Å². The first-order valence-corrected chi connectivity index (χ1v) is 7.87. The molecule has 2 nitrogen and oxygen atoms in total. The smallest absolute Gasteiger partial charge is 0.152 e. The number of hydrogen-bond acceptors (Lipinski definition) is 2. The largest absolute Gasteiger partial charge is 0.376 e. The molecular weight excluding hydrogens is 348 g/mol. The Morgan fingerprint density at radius 1 is 1.10 bits per heavy atom. The van der Waals surface area contributed by atoms with Crippen molar-refractivity contribution in [3.8, 4) is 0 Å². The van der Waals surface area contributed by atoms with Crippen LogP contribution < -0.4 is 5.32 Å². The van der Waals surface area contributed by atoms with Gasteiger partial charge in [-0.25, -0.2) is 4.98 Å². The van der Waals surface area contributed by atoms with Crippen molar-refractivity contribution in [2.75, 3.05) is 5.32 Å². The van der Waals surface area contributed by atoms with Crippen LogP contribution in [0.3, 0.4) is 0 Å². The number of fused-ring (bicyclic) bond motifs is 1. The Kier molecular flexibility index (Phi) is 4.13. The quantitative estimate of drug-likeness (QED) is 0.594. The van der Waals surface area contributed by atoms with Gasteiger partial charge in [-0.15, -0.1) is 0 Å². The summed E-state index contributed by atoms with van der Waals surface area (Å²) >= 11 is 9.54. The van der Waals surface area contributed by atoms with Gasteiger partial charge < -0.3 is 5.32 Å². The standard InChI is InChI=1S/C17H14BrClN2/c1-11(21-16-9-15(18)10-20-17(16)19)13-7-6-12-4-2-3-5-14(12)8-13/h2-11,21H,1H3. The summed E-state index contributed by atoms with van der Waals surface area (Å²) in [6.07, 6.45) is 1.69. The van der Waals surface area contributed by atoms with E-state index in [1.165, 1.54) is 16.3 Å². The minimum absolute atomic E-state index is 0.142. The molecule has 1 heterocycles. The van der Waals surface area contributed by atoms with Crippen molar-refractivity contribution in [1.29, 1.82) is 0 Å². The van der Waals surface area contributed by atoms with E-state index in [0.717, 1.165) is 10.2 Å². The van der Waals surface area contributed by atoms with Gasteiger partial charge in [0.2, 0.25) is 0 Å². The molecule has 0 saturated carbocycles. The highest BCUT2D eigenvalue weighted by Gasteiger charge is 2.09. The Labute approximate surface area is 137 Å². The number of nitrogens with one attached hydrogen (secondary N) is 1. The number of nitrogens with zero attached hydrogens (tertiary/aromatic N) is 1. The van der Waals surface area contributed by atoms with Gasteiger partial charge in [0.15, 0.2) is 5.15 Å². The summed E-state index contributed by atoms with van der Waals surface area (Å²) in [6, 6.07) is 16.9. The highest BCUT2D eigenvalue weighted by Crippen LogP contribution is 2.28. The maximum atomic E-state index is 6.13. The van der Waals surface area contributed by atoms with E-state index in [-0.39, 0.29) is 6.04 Å². The zero-order valence-corrected chi connectivity index (χ0v) is 13.8. The average Bonchev–Trinajstić information content (AvgIpc) is 2.50. The zero-order valence-electron chi connectivity index (χ0n) is 11.5. The average molecular weight is 362 g/mol. The van der Waals surface area contributed by atoms with Crippen molar-refractivity contribution < 1.29 is 0 Å². The van der Waals surface area contributed by atoms with Crippen molar-refractivity contribution in [3.63, 3.8) is 0 Å². The van der Waals surface area contributed by atoms with Gasteiger partial charge in [0.05, 0.1) is 5.69 Å². The summed E-state index contributed by atoms with van der Waals surface area (Å²) in [6.45, 7) is 2.11. The number of anilines is 1. The first-order valence-electron chi connectivity index (χ1n) is 6.70. The van der Waals surface area contributed by atoms with Crippen LogP contribution in [-0.2, 0) is 0 Å². The van der Waals surface area contributed by atoms with Crippen molar-refractivity contribution in [3.05, 3.63) is 69.9 Å². The molecule has 1 unspecified atom stereocenters. The Balaban J connectivity index is 1.89. The maximum absolute atomic E-state index is 6.13. The van der Waals surface area contributed by atoms with Gasteiger partial charge in [0, 0.05) is 16.7 Å². The number of rotatable bonds is 3. The van der Waals surface area contributed by atoms with Gasteiger partial charge >= 0.3 is 0 Å². The Morgan fingerprint density at radius 2 is 1.86 bits per heavy atom. The van der Waals surface area contributed by atoms with Crippen LogP contribution in [-0.4, -0.2) is 4.98 Å². The molecule has 4 heteroatoms. The van der Waals surface area contributed by atoms with Crippen LogP contribution in [0.25, 0.3) is 10.8 Å². The van der Waals surface area contributed by atoms with Gasteiger partial charge in [-0.05, 0) is 51.3 Å². The number of halogens is 2. The summed E-state index contributed by atoms with van der Waals surface area (Å²) in [7, 11) is 0. The van der Waals surface area contributed by atoms with Gasteiger partial charge in [0.1, 0.15) is 0 Å². The van der Waals surface area contributed by atoms with Crippen LogP contribution >= 0.6 is 27.5 Å². The number of pyridine rings is 1. The number of benzene rings is 2. The maximum Gasteiger partial charge on any atom is 0.152 e. The van der Waals surface area contributed by atoms with E-state index in [1.807, 2.05) is 6.07 Å².